The van der Waals surface area contributed by atoms with Crippen molar-refractivity contribution in [2.45, 2.75) is 19.5 Å². The number of hydrogen-bond acceptors (Lipinski definition) is 2. The van der Waals surface area contributed by atoms with Gasteiger partial charge in [0.15, 0.2) is 0 Å². The predicted molar refractivity (Wildman–Crippen MR) is 40.4 cm³/mol. The number of rotatable bonds is 1. The summed E-state index contributed by atoms with van der Waals surface area (Å²) in [4.78, 5) is 14.9. The first-order valence-electron chi connectivity index (χ1n) is 3.13. The van der Waals surface area contributed by atoms with E-state index in [9.17, 15) is 4.79 Å². The first kappa shape index (κ1) is 7.54. The van der Waals surface area contributed by atoms with E-state index in [0.29, 0.717) is 12.3 Å². The summed E-state index contributed by atoms with van der Waals surface area (Å²) in [7, 11) is 0. The molecule has 1 aliphatic heterocycles. The smallest absolute Gasteiger partial charge is 0.227 e. The second-order valence-corrected chi connectivity index (χ2v) is 2.52. The van der Waals surface area contributed by atoms with Gasteiger partial charge in [-0.3, -0.25) is 9.79 Å². The quantitative estimate of drug-likeness (QED) is 0.559. The molecule has 1 heterocycles. The number of amides is 1. The van der Waals surface area contributed by atoms with E-state index < -0.39 is 0 Å². The van der Waals surface area contributed by atoms with Crippen LogP contribution >= 0.6 is 11.6 Å². The summed E-state index contributed by atoms with van der Waals surface area (Å²) in [6.45, 7) is 1.82. The fourth-order valence-corrected chi connectivity index (χ4v) is 1.07. The molecule has 1 atom stereocenters. The van der Waals surface area contributed by atoms with Gasteiger partial charge in [-0.05, 0) is 6.92 Å². The van der Waals surface area contributed by atoms with Crippen LogP contribution in [0.15, 0.2) is 4.99 Å². The Balaban J connectivity index is 2.65. The Morgan fingerprint density at radius 2 is 2.60 bits per heavy atom. The molecule has 1 unspecified atom stereocenters. The molecule has 1 rings (SSSR count). The fraction of sp³-hybridized carbons (Fsp3) is 0.667. The fourth-order valence-electron chi connectivity index (χ4n) is 0.903. The average molecular weight is 161 g/mol. The van der Waals surface area contributed by atoms with Crippen LogP contribution < -0.4 is 5.32 Å². The van der Waals surface area contributed by atoms with Crippen LogP contribution in [0.25, 0.3) is 0 Å². The normalized spacial score (nSPS) is 25.6. The van der Waals surface area contributed by atoms with Gasteiger partial charge in [0.1, 0.15) is 6.17 Å². The Morgan fingerprint density at radius 3 is 3.10 bits per heavy atom. The van der Waals surface area contributed by atoms with E-state index in [-0.39, 0.29) is 12.1 Å². The van der Waals surface area contributed by atoms with Crippen LogP contribution in [-0.2, 0) is 4.79 Å². The summed E-state index contributed by atoms with van der Waals surface area (Å²) in [5.41, 5.74) is 0.776. The third-order valence-electron chi connectivity index (χ3n) is 1.26. The second kappa shape index (κ2) is 3.01. The number of aliphatic imine (C=N–C) groups is 1. The third-order valence-corrected chi connectivity index (χ3v) is 1.57. The van der Waals surface area contributed by atoms with Gasteiger partial charge >= 0.3 is 0 Å². The largest absolute Gasteiger partial charge is 0.334 e. The lowest BCUT2D eigenvalue weighted by Crippen LogP contribution is -2.38. The first-order valence-corrected chi connectivity index (χ1v) is 3.66. The van der Waals surface area contributed by atoms with Crippen molar-refractivity contribution in [2.75, 3.05) is 5.88 Å². The van der Waals surface area contributed by atoms with Crippen molar-refractivity contribution in [3.63, 3.8) is 0 Å². The molecule has 0 saturated carbocycles. The number of nitrogens with one attached hydrogen (secondary N) is 1. The number of carbonyl (C=O) groups is 1. The van der Waals surface area contributed by atoms with E-state index >= 15 is 0 Å². The van der Waals surface area contributed by atoms with Crippen molar-refractivity contribution in [2.24, 2.45) is 4.99 Å². The maximum absolute atomic E-state index is 10.8. The zero-order chi connectivity index (χ0) is 7.56. The van der Waals surface area contributed by atoms with Crippen LogP contribution in [0.1, 0.15) is 13.3 Å². The topological polar surface area (TPSA) is 41.5 Å². The highest BCUT2D eigenvalue weighted by atomic mass is 35.5. The second-order valence-electron chi connectivity index (χ2n) is 2.25. The minimum Gasteiger partial charge on any atom is -0.334 e. The van der Waals surface area contributed by atoms with E-state index in [2.05, 4.69) is 10.3 Å². The predicted octanol–water partition coefficient (Wildman–Crippen LogP) is 0.532. The van der Waals surface area contributed by atoms with Crippen LogP contribution in [-0.4, -0.2) is 23.7 Å². The van der Waals surface area contributed by atoms with Gasteiger partial charge in [0.05, 0.1) is 12.3 Å². The molecule has 1 N–H and O–H groups in total. The zero-order valence-electron chi connectivity index (χ0n) is 5.72. The summed E-state index contributed by atoms with van der Waals surface area (Å²) in [5, 5.41) is 2.66. The molecular formula is C6H9ClN2O. The Labute approximate surface area is 64.5 Å². The van der Waals surface area contributed by atoms with Gasteiger partial charge < -0.3 is 5.32 Å². The van der Waals surface area contributed by atoms with Gasteiger partial charge in [0.2, 0.25) is 5.91 Å². The summed E-state index contributed by atoms with van der Waals surface area (Å²) in [6.07, 6.45) is 0.253. The lowest BCUT2D eigenvalue weighted by Gasteiger charge is -2.16. The number of alkyl halides is 1. The molecule has 10 heavy (non-hydrogen) atoms. The van der Waals surface area contributed by atoms with E-state index in [0.717, 1.165) is 5.71 Å². The van der Waals surface area contributed by atoms with E-state index in [1.807, 2.05) is 6.92 Å². The van der Waals surface area contributed by atoms with Crippen molar-refractivity contribution in [3.05, 3.63) is 0 Å². The standard InChI is InChI=1S/C6H9ClN2O/c1-4-8-5(3-7)2-6(10)9-4/h4H,2-3H2,1H3,(H,9,10). The van der Waals surface area contributed by atoms with Crippen molar-refractivity contribution in [1.29, 1.82) is 0 Å². The minimum atomic E-state index is -0.102. The monoisotopic (exact) mass is 160 g/mol. The molecule has 0 saturated heterocycles. The SMILES string of the molecule is CC1N=C(CCl)CC(=O)N1. The molecule has 0 aromatic carbocycles. The summed E-state index contributed by atoms with van der Waals surface area (Å²) in [5.74, 6) is 0.371. The van der Waals surface area contributed by atoms with Gasteiger partial charge in [-0.2, -0.15) is 0 Å². The van der Waals surface area contributed by atoms with Crippen molar-refractivity contribution < 1.29 is 4.79 Å². The Hall–Kier alpha value is -0.570. The molecule has 3 nitrogen and oxygen atoms in total. The summed E-state index contributed by atoms with van der Waals surface area (Å²) in [6, 6.07) is 0. The van der Waals surface area contributed by atoms with Crippen LogP contribution in [0, 0.1) is 0 Å². The van der Waals surface area contributed by atoms with Crippen LogP contribution in [0.3, 0.4) is 0 Å². The number of carbonyl (C=O) groups excluding carboxylic acids is 1. The molecule has 1 amide bonds. The van der Waals surface area contributed by atoms with Crippen molar-refractivity contribution >= 4 is 23.2 Å². The minimum absolute atomic E-state index is 0.0122. The molecule has 4 heteroatoms. The van der Waals surface area contributed by atoms with Gasteiger partial charge in [-0.25, -0.2) is 0 Å². The highest BCUT2D eigenvalue weighted by Crippen LogP contribution is 2.00. The molecule has 0 aromatic heterocycles. The lowest BCUT2D eigenvalue weighted by molar-refractivity contribution is -0.120. The highest BCUT2D eigenvalue weighted by Gasteiger charge is 2.15. The highest BCUT2D eigenvalue weighted by molar-refractivity contribution is 6.30. The average Bonchev–Trinajstić information content (AvgIpc) is 1.85. The van der Waals surface area contributed by atoms with Gasteiger partial charge in [-0.15, -0.1) is 11.6 Å². The van der Waals surface area contributed by atoms with Gasteiger partial charge in [0, 0.05) is 5.71 Å². The maximum atomic E-state index is 10.8. The molecule has 0 spiro atoms. The number of hydrogen-bond donors (Lipinski definition) is 1. The van der Waals surface area contributed by atoms with E-state index in [1.54, 1.807) is 0 Å². The summed E-state index contributed by atoms with van der Waals surface area (Å²) >= 11 is 5.50. The molecule has 0 radical (unpaired) electrons. The Bertz CT molecular complexity index is 179. The molecule has 1 aliphatic rings. The van der Waals surface area contributed by atoms with Gasteiger partial charge in [-0.1, -0.05) is 0 Å². The number of halogens is 1. The molecule has 0 bridgehead atoms. The molecule has 0 aliphatic carbocycles. The van der Waals surface area contributed by atoms with E-state index in [4.69, 9.17) is 11.6 Å². The third kappa shape index (κ3) is 1.70. The van der Waals surface area contributed by atoms with Crippen molar-refractivity contribution in [3.8, 4) is 0 Å². The van der Waals surface area contributed by atoms with Crippen LogP contribution in [0.4, 0.5) is 0 Å². The molecule has 56 valence electrons. The first-order chi connectivity index (χ1) is 4.72. The molecule has 0 aromatic rings. The maximum Gasteiger partial charge on any atom is 0.227 e. The van der Waals surface area contributed by atoms with Gasteiger partial charge in [0.25, 0.3) is 0 Å². The Kier molecular flexibility index (Phi) is 2.27. The summed E-state index contributed by atoms with van der Waals surface area (Å²) < 4.78 is 0. The molecule has 0 fully saturated rings. The Morgan fingerprint density at radius 1 is 1.90 bits per heavy atom. The lowest BCUT2D eigenvalue weighted by atomic mass is 10.2. The van der Waals surface area contributed by atoms with Crippen LogP contribution in [0.2, 0.25) is 0 Å². The van der Waals surface area contributed by atoms with Crippen LogP contribution in [0.5, 0.6) is 0 Å². The van der Waals surface area contributed by atoms with E-state index in [1.165, 1.54) is 0 Å². The molecular weight excluding hydrogens is 152 g/mol. The van der Waals surface area contributed by atoms with Crippen molar-refractivity contribution in [1.82, 2.24) is 5.32 Å². The zero-order valence-corrected chi connectivity index (χ0v) is 6.48. The number of nitrogens with zero attached hydrogens (tertiary/aromatic N) is 1.